The number of carbonyl (C=O) groups is 2. The minimum Gasteiger partial charge on any atom is -0.350 e. The van der Waals surface area contributed by atoms with Gasteiger partial charge in [-0.1, -0.05) is 19.0 Å². The Morgan fingerprint density at radius 1 is 1.32 bits per heavy atom. The second kappa shape index (κ2) is 7.79. The van der Waals surface area contributed by atoms with Gasteiger partial charge in [0.2, 0.25) is 11.5 Å². The molecule has 3 aromatic rings. The molecule has 3 heterocycles. The van der Waals surface area contributed by atoms with E-state index in [0.29, 0.717) is 11.5 Å². The van der Waals surface area contributed by atoms with Crippen molar-refractivity contribution < 1.29 is 14.1 Å². The van der Waals surface area contributed by atoms with Crippen molar-refractivity contribution in [2.45, 2.75) is 40.3 Å². The Hall–Kier alpha value is -3.23. The third-order valence-electron chi connectivity index (χ3n) is 4.56. The first-order valence-electron chi connectivity index (χ1n) is 9.15. The first kappa shape index (κ1) is 19.5. The first-order chi connectivity index (χ1) is 13.3. The minimum atomic E-state index is -0.730. The van der Waals surface area contributed by atoms with Gasteiger partial charge in [-0.05, 0) is 19.8 Å². The molecule has 148 valence electrons. The summed E-state index contributed by atoms with van der Waals surface area (Å²) < 4.78 is 8.64. The van der Waals surface area contributed by atoms with Crippen LogP contribution in [0.15, 0.2) is 29.2 Å². The lowest BCUT2D eigenvalue weighted by molar-refractivity contribution is 0.0804. The van der Waals surface area contributed by atoms with Crippen LogP contribution >= 0.6 is 0 Å². The van der Waals surface area contributed by atoms with Gasteiger partial charge in [-0.3, -0.25) is 14.3 Å². The average Bonchev–Trinajstić information content (AvgIpc) is 3.37. The van der Waals surface area contributed by atoms with E-state index in [9.17, 15) is 9.59 Å². The highest BCUT2D eigenvalue weighted by atomic mass is 16.5. The van der Waals surface area contributed by atoms with Gasteiger partial charge in [0.1, 0.15) is 5.69 Å². The fraction of sp³-hybridized carbons (Fsp3) is 0.421. The van der Waals surface area contributed by atoms with Crippen LogP contribution in [0.5, 0.6) is 0 Å². The zero-order chi connectivity index (χ0) is 20.4. The molecule has 0 saturated heterocycles. The summed E-state index contributed by atoms with van der Waals surface area (Å²) in [4.78, 5) is 29.5. The molecule has 0 saturated carbocycles. The lowest BCUT2D eigenvalue weighted by Crippen LogP contribution is -2.45. The number of carbonyl (C=O) groups excluding carboxylic acids is 2. The Labute approximate surface area is 162 Å². The number of amides is 1. The monoisotopic (exact) mass is 384 g/mol. The van der Waals surface area contributed by atoms with Crippen LogP contribution in [-0.4, -0.2) is 42.2 Å². The molecule has 0 aliphatic carbocycles. The highest BCUT2D eigenvalue weighted by molar-refractivity contribution is 6.02. The molecule has 3 rings (SSSR count). The molecule has 9 nitrogen and oxygen atoms in total. The number of nitrogens with one attached hydrogen (secondary N) is 1. The van der Waals surface area contributed by atoms with E-state index in [4.69, 9.17) is 4.52 Å². The van der Waals surface area contributed by atoms with Crippen LogP contribution in [0.25, 0.3) is 11.3 Å². The summed E-state index contributed by atoms with van der Waals surface area (Å²) in [5.74, 6) is -0.548. The molecule has 1 unspecified atom stereocenters. The Kier molecular flexibility index (Phi) is 5.43. The van der Waals surface area contributed by atoms with E-state index in [1.54, 1.807) is 34.8 Å². The summed E-state index contributed by atoms with van der Waals surface area (Å²) in [6, 6.07) is 0.828. The number of ketones is 1. The van der Waals surface area contributed by atoms with E-state index in [0.717, 1.165) is 17.8 Å². The number of imidazole rings is 1. The first-order valence-corrected chi connectivity index (χ1v) is 9.15. The molecule has 1 amide bonds. The van der Waals surface area contributed by atoms with E-state index in [-0.39, 0.29) is 17.5 Å². The van der Waals surface area contributed by atoms with E-state index < -0.39 is 11.9 Å². The molecule has 9 heteroatoms. The molecule has 0 aliphatic rings. The quantitative estimate of drug-likeness (QED) is 0.626. The Balaban J connectivity index is 1.79. The minimum absolute atomic E-state index is 0.0388. The molecule has 1 N–H and O–H groups in total. The van der Waals surface area contributed by atoms with Gasteiger partial charge in [0.15, 0.2) is 5.82 Å². The molecule has 3 aromatic heterocycles. The Morgan fingerprint density at radius 2 is 2.07 bits per heavy atom. The van der Waals surface area contributed by atoms with Crippen LogP contribution in [0.2, 0.25) is 0 Å². The summed E-state index contributed by atoms with van der Waals surface area (Å²) in [6.45, 7) is 8.32. The van der Waals surface area contributed by atoms with Crippen molar-refractivity contribution >= 4 is 11.7 Å². The maximum atomic E-state index is 12.8. The number of aromatic nitrogens is 5. The zero-order valence-electron chi connectivity index (χ0n) is 16.6. The normalized spacial score (nSPS) is 12.4. The van der Waals surface area contributed by atoms with Gasteiger partial charge in [0, 0.05) is 43.8 Å². The summed E-state index contributed by atoms with van der Waals surface area (Å²) >= 11 is 0. The number of nitrogens with zero attached hydrogens (tertiary/aromatic N) is 5. The van der Waals surface area contributed by atoms with Crippen LogP contribution in [0.4, 0.5) is 0 Å². The summed E-state index contributed by atoms with van der Waals surface area (Å²) in [5, 5.41) is 11.1. The fourth-order valence-electron chi connectivity index (χ4n) is 2.93. The number of aryl methyl sites for hydroxylation is 3. The highest BCUT2D eigenvalue weighted by Gasteiger charge is 2.29. The smallest absolute Gasteiger partial charge is 0.290 e. The Morgan fingerprint density at radius 3 is 2.64 bits per heavy atom. The molecule has 0 bridgehead atoms. The molecule has 1 atom stereocenters. The maximum absolute atomic E-state index is 12.8. The fourth-order valence-corrected chi connectivity index (χ4v) is 2.93. The van der Waals surface area contributed by atoms with Crippen LogP contribution in [-0.2, 0) is 13.6 Å². The van der Waals surface area contributed by atoms with Crippen LogP contribution < -0.4 is 5.32 Å². The van der Waals surface area contributed by atoms with Gasteiger partial charge in [-0.25, -0.2) is 4.98 Å². The van der Waals surface area contributed by atoms with Crippen LogP contribution in [0, 0.1) is 12.8 Å². The predicted molar refractivity (Wildman–Crippen MR) is 102 cm³/mol. The van der Waals surface area contributed by atoms with Gasteiger partial charge in [-0.15, -0.1) is 0 Å². The summed E-state index contributed by atoms with van der Waals surface area (Å²) in [5.41, 5.74) is 2.13. The van der Waals surface area contributed by atoms with E-state index in [2.05, 4.69) is 20.6 Å². The largest absolute Gasteiger partial charge is 0.350 e. The number of rotatable bonds is 7. The average molecular weight is 384 g/mol. The number of Topliss-reactive ketones (excluding diaryl/α,β-unsaturated/α-hetero) is 1. The van der Waals surface area contributed by atoms with Gasteiger partial charge in [0.05, 0.1) is 11.7 Å². The van der Waals surface area contributed by atoms with E-state index in [1.165, 1.54) is 0 Å². The second-order valence-corrected chi connectivity index (χ2v) is 6.98. The second-order valence-electron chi connectivity index (χ2n) is 6.98. The number of hydrogen-bond donors (Lipinski definition) is 1. The summed E-state index contributed by atoms with van der Waals surface area (Å²) in [7, 11) is 1.74. The van der Waals surface area contributed by atoms with Crippen molar-refractivity contribution in [2.24, 2.45) is 13.0 Å². The van der Waals surface area contributed by atoms with E-state index >= 15 is 0 Å². The topological polar surface area (TPSA) is 108 Å². The predicted octanol–water partition coefficient (Wildman–Crippen LogP) is 2.24. The summed E-state index contributed by atoms with van der Waals surface area (Å²) in [6.07, 6.45) is 5.10. The Bertz CT molecular complexity index is 997. The molecule has 0 radical (unpaired) electrons. The van der Waals surface area contributed by atoms with Crippen molar-refractivity contribution in [3.8, 4) is 11.3 Å². The molecule has 0 fully saturated rings. The standard InChI is InChI=1S/C19H24N6O3/c1-6-25-10-13(12(4)22-25)14-9-15(28-23-14)19(27)21-16(11(2)3)17(26)18-20-7-8-24(18)5/h7-11,16H,6H2,1-5H3,(H,21,27). The molecule has 0 aliphatic heterocycles. The van der Waals surface area contributed by atoms with Gasteiger partial charge >= 0.3 is 0 Å². The van der Waals surface area contributed by atoms with Crippen molar-refractivity contribution in [3.63, 3.8) is 0 Å². The zero-order valence-corrected chi connectivity index (χ0v) is 16.6. The van der Waals surface area contributed by atoms with E-state index in [1.807, 2.05) is 33.9 Å². The molecular weight excluding hydrogens is 360 g/mol. The lowest BCUT2D eigenvalue weighted by atomic mass is 9.99. The third-order valence-corrected chi connectivity index (χ3v) is 4.56. The molecule has 0 aromatic carbocycles. The van der Waals surface area contributed by atoms with Crippen molar-refractivity contribution in [3.05, 3.63) is 41.9 Å². The van der Waals surface area contributed by atoms with Gasteiger partial charge < -0.3 is 14.4 Å². The van der Waals surface area contributed by atoms with Crippen LogP contribution in [0.3, 0.4) is 0 Å². The molecular formula is C19H24N6O3. The van der Waals surface area contributed by atoms with Gasteiger partial charge in [0.25, 0.3) is 5.91 Å². The van der Waals surface area contributed by atoms with Gasteiger partial charge in [-0.2, -0.15) is 5.10 Å². The lowest BCUT2D eigenvalue weighted by Gasteiger charge is -2.20. The molecule has 28 heavy (non-hydrogen) atoms. The number of hydrogen-bond acceptors (Lipinski definition) is 6. The molecule has 0 spiro atoms. The highest BCUT2D eigenvalue weighted by Crippen LogP contribution is 2.22. The van der Waals surface area contributed by atoms with Crippen molar-refractivity contribution in [1.82, 2.24) is 29.8 Å². The third kappa shape index (κ3) is 3.73. The van der Waals surface area contributed by atoms with Crippen molar-refractivity contribution in [2.75, 3.05) is 0 Å². The van der Waals surface area contributed by atoms with Crippen molar-refractivity contribution in [1.29, 1.82) is 0 Å². The maximum Gasteiger partial charge on any atom is 0.290 e. The SMILES string of the molecule is CCn1cc(-c2cc(C(=O)NC(C(=O)c3nccn3C)C(C)C)on2)c(C)n1. The van der Waals surface area contributed by atoms with Crippen LogP contribution in [0.1, 0.15) is 47.6 Å².